The predicted molar refractivity (Wildman–Crippen MR) is 82.2 cm³/mol. The predicted octanol–water partition coefficient (Wildman–Crippen LogP) is 3.33. The van der Waals surface area contributed by atoms with Gasteiger partial charge in [-0.25, -0.2) is 0 Å². The van der Waals surface area contributed by atoms with Crippen molar-refractivity contribution < 1.29 is 4.79 Å². The van der Waals surface area contributed by atoms with E-state index in [1.54, 1.807) is 0 Å². The molecule has 1 aromatic rings. The lowest BCUT2D eigenvalue weighted by Gasteiger charge is -2.35. The van der Waals surface area contributed by atoms with Crippen LogP contribution in [0.15, 0.2) is 30.3 Å². The van der Waals surface area contributed by atoms with Crippen LogP contribution in [-0.2, 0) is 4.79 Å². The highest BCUT2D eigenvalue weighted by molar-refractivity contribution is 5.84. The van der Waals surface area contributed by atoms with Crippen molar-refractivity contribution in [1.82, 2.24) is 10.2 Å². The fraction of sp³-hybridized carbons (Fsp3) is 0.588. The minimum atomic E-state index is -0.0481. The van der Waals surface area contributed by atoms with Gasteiger partial charge in [0.05, 0.1) is 6.04 Å². The summed E-state index contributed by atoms with van der Waals surface area (Å²) in [6, 6.07) is 10.5. The molecule has 110 valence electrons. The van der Waals surface area contributed by atoms with Crippen LogP contribution in [0.4, 0.5) is 0 Å². The fourth-order valence-corrected chi connectivity index (χ4v) is 3.18. The van der Waals surface area contributed by atoms with Gasteiger partial charge < -0.3 is 4.90 Å². The van der Waals surface area contributed by atoms with Crippen LogP contribution in [0.1, 0.15) is 52.3 Å². The molecule has 3 atom stereocenters. The second-order valence-electron chi connectivity index (χ2n) is 5.91. The van der Waals surface area contributed by atoms with Gasteiger partial charge in [0.25, 0.3) is 0 Å². The Hall–Kier alpha value is -1.35. The van der Waals surface area contributed by atoms with Crippen LogP contribution in [0.25, 0.3) is 0 Å². The molecule has 1 heterocycles. The molecule has 3 unspecified atom stereocenters. The summed E-state index contributed by atoms with van der Waals surface area (Å²) < 4.78 is 0. The van der Waals surface area contributed by atoms with Gasteiger partial charge in [-0.1, -0.05) is 58.0 Å². The van der Waals surface area contributed by atoms with E-state index in [-0.39, 0.29) is 24.2 Å². The molecule has 0 radical (unpaired) electrons. The molecule has 1 aromatic carbocycles. The van der Waals surface area contributed by atoms with Crippen molar-refractivity contribution >= 4 is 5.91 Å². The Labute approximate surface area is 122 Å². The maximum absolute atomic E-state index is 12.7. The number of carbonyl (C=O) groups excluding carboxylic acids is 1. The average Bonchev–Trinajstić information content (AvgIpc) is 2.78. The Morgan fingerprint density at radius 2 is 1.85 bits per heavy atom. The molecule has 1 amide bonds. The first kappa shape index (κ1) is 15.0. The Morgan fingerprint density at radius 3 is 2.35 bits per heavy atom. The van der Waals surface area contributed by atoms with Gasteiger partial charge in [0, 0.05) is 6.04 Å². The molecule has 0 spiro atoms. The van der Waals surface area contributed by atoms with Crippen LogP contribution < -0.4 is 5.32 Å². The molecule has 20 heavy (non-hydrogen) atoms. The number of benzene rings is 1. The summed E-state index contributed by atoms with van der Waals surface area (Å²) >= 11 is 0. The van der Waals surface area contributed by atoms with E-state index in [2.05, 4.69) is 50.0 Å². The average molecular weight is 274 g/mol. The van der Waals surface area contributed by atoms with Gasteiger partial charge in [-0.3, -0.25) is 10.1 Å². The van der Waals surface area contributed by atoms with Crippen molar-refractivity contribution in [1.29, 1.82) is 0 Å². The lowest BCUT2D eigenvalue weighted by Crippen LogP contribution is -2.42. The molecular formula is C17H26N2O. The third-order valence-electron chi connectivity index (χ3n) is 4.26. The molecule has 2 rings (SSSR count). The van der Waals surface area contributed by atoms with Crippen LogP contribution >= 0.6 is 0 Å². The molecular weight excluding hydrogens is 248 g/mol. The third kappa shape index (κ3) is 2.73. The lowest BCUT2D eigenvalue weighted by atomic mass is 9.98. The molecule has 0 saturated carbocycles. The summed E-state index contributed by atoms with van der Waals surface area (Å²) in [5.41, 5.74) is 1.18. The quantitative estimate of drug-likeness (QED) is 0.893. The summed E-state index contributed by atoms with van der Waals surface area (Å²) in [5.74, 6) is 0.717. The van der Waals surface area contributed by atoms with E-state index in [0.717, 1.165) is 12.8 Å². The van der Waals surface area contributed by atoms with E-state index in [1.807, 2.05) is 18.2 Å². The van der Waals surface area contributed by atoms with E-state index in [4.69, 9.17) is 0 Å². The topological polar surface area (TPSA) is 32.3 Å². The van der Waals surface area contributed by atoms with Crippen molar-refractivity contribution in [2.24, 2.45) is 5.92 Å². The van der Waals surface area contributed by atoms with Crippen molar-refractivity contribution in [2.75, 3.05) is 0 Å². The standard InChI is InChI=1S/C17H26N2O/c1-5-14-17(20)19(15(6-2)12(3)4)16(18-14)13-10-8-7-9-11-13/h7-12,14-16,18H,5-6H2,1-4H3. The second kappa shape index (κ2) is 6.40. The zero-order valence-corrected chi connectivity index (χ0v) is 13.0. The van der Waals surface area contributed by atoms with Gasteiger partial charge in [0.1, 0.15) is 6.17 Å². The third-order valence-corrected chi connectivity index (χ3v) is 4.26. The van der Waals surface area contributed by atoms with E-state index in [9.17, 15) is 4.79 Å². The van der Waals surface area contributed by atoms with E-state index < -0.39 is 0 Å². The van der Waals surface area contributed by atoms with Crippen LogP contribution in [0.5, 0.6) is 0 Å². The summed E-state index contributed by atoms with van der Waals surface area (Å²) in [5, 5.41) is 3.50. The summed E-state index contributed by atoms with van der Waals surface area (Å²) in [7, 11) is 0. The van der Waals surface area contributed by atoms with Crippen LogP contribution in [-0.4, -0.2) is 22.9 Å². The van der Waals surface area contributed by atoms with Gasteiger partial charge in [0.15, 0.2) is 0 Å². The number of nitrogens with one attached hydrogen (secondary N) is 1. The van der Waals surface area contributed by atoms with E-state index in [1.165, 1.54) is 5.56 Å². The molecule has 1 N–H and O–H groups in total. The Morgan fingerprint density at radius 1 is 1.20 bits per heavy atom. The SMILES string of the molecule is CCC1NC(c2ccccc2)N(C(CC)C(C)C)C1=O. The van der Waals surface area contributed by atoms with Gasteiger partial charge >= 0.3 is 0 Å². The Bertz CT molecular complexity index is 444. The number of amides is 1. The minimum absolute atomic E-state index is 0.0148. The first-order valence-corrected chi connectivity index (χ1v) is 7.73. The highest BCUT2D eigenvalue weighted by atomic mass is 16.2. The maximum Gasteiger partial charge on any atom is 0.241 e. The first-order chi connectivity index (χ1) is 9.60. The summed E-state index contributed by atoms with van der Waals surface area (Å²) in [4.78, 5) is 14.8. The molecule has 1 fully saturated rings. The van der Waals surface area contributed by atoms with E-state index >= 15 is 0 Å². The highest BCUT2D eigenvalue weighted by Crippen LogP contribution is 2.31. The smallest absolute Gasteiger partial charge is 0.241 e. The molecule has 0 aliphatic carbocycles. The molecule has 1 saturated heterocycles. The summed E-state index contributed by atoms with van der Waals surface area (Å²) in [6.45, 7) is 8.63. The second-order valence-corrected chi connectivity index (χ2v) is 5.91. The zero-order chi connectivity index (χ0) is 14.7. The van der Waals surface area contributed by atoms with E-state index in [0.29, 0.717) is 5.92 Å². The largest absolute Gasteiger partial charge is 0.318 e. The lowest BCUT2D eigenvalue weighted by molar-refractivity contribution is -0.133. The zero-order valence-electron chi connectivity index (χ0n) is 13.0. The Balaban J connectivity index is 2.35. The number of rotatable bonds is 5. The van der Waals surface area contributed by atoms with Crippen molar-refractivity contribution in [3.8, 4) is 0 Å². The fourth-order valence-electron chi connectivity index (χ4n) is 3.18. The number of hydrogen-bond donors (Lipinski definition) is 1. The van der Waals surface area contributed by atoms with Gasteiger partial charge in [0.2, 0.25) is 5.91 Å². The molecule has 0 bridgehead atoms. The Kier molecular flexibility index (Phi) is 4.81. The number of carbonyl (C=O) groups is 1. The van der Waals surface area contributed by atoms with Crippen LogP contribution in [0.3, 0.4) is 0 Å². The van der Waals surface area contributed by atoms with Crippen LogP contribution in [0.2, 0.25) is 0 Å². The molecule has 3 heteroatoms. The van der Waals surface area contributed by atoms with Crippen molar-refractivity contribution in [3.63, 3.8) is 0 Å². The monoisotopic (exact) mass is 274 g/mol. The van der Waals surface area contributed by atoms with Gasteiger partial charge in [-0.2, -0.15) is 0 Å². The molecule has 1 aliphatic rings. The normalized spacial score (nSPS) is 24.4. The number of nitrogens with zero attached hydrogens (tertiary/aromatic N) is 1. The van der Waals surface area contributed by atoms with Gasteiger partial charge in [-0.15, -0.1) is 0 Å². The van der Waals surface area contributed by atoms with Crippen molar-refractivity contribution in [2.45, 2.75) is 58.8 Å². The molecule has 1 aliphatic heterocycles. The van der Waals surface area contributed by atoms with Crippen LogP contribution in [0, 0.1) is 5.92 Å². The minimum Gasteiger partial charge on any atom is -0.318 e. The summed E-state index contributed by atoms with van der Waals surface area (Å²) in [6.07, 6.45) is 1.85. The molecule has 0 aromatic heterocycles. The van der Waals surface area contributed by atoms with Crippen molar-refractivity contribution in [3.05, 3.63) is 35.9 Å². The number of hydrogen-bond acceptors (Lipinski definition) is 2. The highest BCUT2D eigenvalue weighted by Gasteiger charge is 2.42. The molecule has 3 nitrogen and oxygen atoms in total. The maximum atomic E-state index is 12.7. The first-order valence-electron chi connectivity index (χ1n) is 7.73. The van der Waals surface area contributed by atoms with Gasteiger partial charge in [-0.05, 0) is 24.3 Å².